The summed E-state index contributed by atoms with van der Waals surface area (Å²) < 4.78 is 12.1. The van der Waals surface area contributed by atoms with Crippen LogP contribution in [0.25, 0.3) is 0 Å². The summed E-state index contributed by atoms with van der Waals surface area (Å²) in [6, 6.07) is 5.62. The third kappa shape index (κ3) is 4.59. The van der Waals surface area contributed by atoms with Gasteiger partial charge in [0.1, 0.15) is 13.2 Å². The highest BCUT2D eigenvalue weighted by Gasteiger charge is 2.23. The van der Waals surface area contributed by atoms with Crippen molar-refractivity contribution in [3.05, 3.63) is 44.1 Å². The standard InChI is InChI=1S/C21H23BrN2O4S/c1-13(15-10-17-18(11-16(15)22)28-8-7-27-17)23-20(25)2-3-21(26)24-6-4-19-14(12-24)5-9-29-19/h5,9-11,13H,2-4,6-8,12H2,1H3,(H,23,25). The largest absolute Gasteiger partial charge is 0.486 e. The van der Waals surface area contributed by atoms with Crippen molar-refractivity contribution in [2.75, 3.05) is 19.8 Å². The number of thiophene rings is 1. The van der Waals surface area contributed by atoms with E-state index in [2.05, 4.69) is 32.7 Å². The second-order valence-electron chi connectivity index (χ2n) is 7.24. The van der Waals surface area contributed by atoms with Crippen molar-refractivity contribution in [2.45, 2.75) is 38.8 Å². The van der Waals surface area contributed by atoms with Gasteiger partial charge in [-0.3, -0.25) is 9.59 Å². The number of fused-ring (bicyclic) bond motifs is 2. The molecule has 154 valence electrons. The highest BCUT2D eigenvalue weighted by Crippen LogP contribution is 2.37. The molecular weight excluding hydrogens is 456 g/mol. The van der Waals surface area contributed by atoms with Crippen molar-refractivity contribution in [3.8, 4) is 11.5 Å². The Bertz CT molecular complexity index is 929. The van der Waals surface area contributed by atoms with Crippen LogP contribution in [-0.2, 0) is 22.6 Å². The van der Waals surface area contributed by atoms with Crippen molar-refractivity contribution >= 4 is 39.1 Å². The van der Waals surface area contributed by atoms with Crippen molar-refractivity contribution in [3.63, 3.8) is 0 Å². The SMILES string of the molecule is CC(NC(=O)CCC(=O)N1CCc2sccc2C1)c1cc2c(cc1Br)OCCO2. The van der Waals surface area contributed by atoms with Gasteiger partial charge in [0.2, 0.25) is 11.8 Å². The van der Waals surface area contributed by atoms with Crippen LogP contribution in [0.4, 0.5) is 0 Å². The van der Waals surface area contributed by atoms with Crippen LogP contribution < -0.4 is 14.8 Å². The summed E-state index contributed by atoms with van der Waals surface area (Å²) in [5, 5.41) is 5.05. The number of carbonyl (C=O) groups excluding carboxylic acids is 2. The maximum absolute atomic E-state index is 12.5. The van der Waals surface area contributed by atoms with E-state index in [9.17, 15) is 9.59 Å². The smallest absolute Gasteiger partial charge is 0.223 e. The van der Waals surface area contributed by atoms with E-state index in [1.165, 1.54) is 10.4 Å². The monoisotopic (exact) mass is 478 g/mol. The van der Waals surface area contributed by atoms with Crippen molar-refractivity contribution in [1.82, 2.24) is 10.2 Å². The van der Waals surface area contributed by atoms with Crippen LogP contribution >= 0.6 is 27.3 Å². The molecule has 1 aromatic carbocycles. The Morgan fingerprint density at radius 2 is 2.00 bits per heavy atom. The van der Waals surface area contributed by atoms with Gasteiger partial charge in [-0.1, -0.05) is 15.9 Å². The highest BCUT2D eigenvalue weighted by molar-refractivity contribution is 9.10. The Morgan fingerprint density at radius 3 is 2.79 bits per heavy atom. The number of rotatable bonds is 5. The van der Waals surface area contributed by atoms with Crippen LogP contribution in [0, 0.1) is 0 Å². The number of amides is 2. The zero-order chi connectivity index (χ0) is 20.4. The molecule has 0 fully saturated rings. The van der Waals surface area contributed by atoms with Crippen LogP contribution in [-0.4, -0.2) is 36.5 Å². The van der Waals surface area contributed by atoms with Gasteiger partial charge in [-0.25, -0.2) is 0 Å². The minimum Gasteiger partial charge on any atom is -0.486 e. The Balaban J connectivity index is 1.30. The fraction of sp³-hybridized carbons (Fsp3) is 0.429. The lowest BCUT2D eigenvalue weighted by molar-refractivity contribution is -0.134. The Morgan fingerprint density at radius 1 is 1.24 bits per heavy atom. The Hall–Kier alpha value is -2.06. The summed E-state index contributed by atoms with van der Waals surface area (Å²) in [4.78, 5) is 28.2. The predicted molar refractivity (Wildman–Crippen MR) is 114 cm³/mol. The highest BCUT2D eigenvalue weighted by atomic mass is 79.9. The minimum absolute atomic E-state index is 0.0326. The van der Waals surface area contributed by atoms with Crippen molar-refractivity contribution in [2.24, 2.45) is 0 Å². The Labute approximate surface area is 182 Å². The molecule has 0 radical (unpaired) electrons. The molecule has 1 aromatic heterocycles. The van der Waals surface area contributed by atoms with Gasteiger partial charge in [-0.15, -0.1) is 11.3 Å². The van der Waals surface area contributed by atoms with Gasteiger partial charge >= 0.3 is 0 Å². The molecule has 1 atom stereocenters. The molecule has 2 aromatic rings. The van der Waals surface area contributed by atoms with Gasteiger partial charge in [0.15, 0.2) is 11.5 Å². The molecule has 0 bridgehead atoms. The molecule has 0 aliphatic carbocycles. The second-order valence-corrected chi connectivity index (χ2v) is 9.10. The first-order valence-electron chi connectivity index (χ1n) is 9.72. The summed E-state index contributed by atoms with van der Waals surface area (Å²) >= 11 is 5.29. The molecular formula is C21H23BrN2O4S. The van der Waals surface area contributed by atoms with E-state index in [4.69, 9.17) is 9.47 Å². The normalized spacial score (nSPS) is 16.1. The number of ether oxygens (including phenoxy) is 2. The van der Waals surface area contributed by atoms with Gasteiger partial charge in [-0.05, 0) is 48.1 Å². The van der Waals surface area contributed by atoms with Gasteiger partial charge in [0.05, 0.1) is 6.04 Å². The third-order valence-corrected chi connectivity index (χ3v) is 6.94. The lowest BCUT2D eigenvalue weighted by Gasteiger charge is -2.27. The average Bonchev–Trinajstić information content (AvgIpc) is 3.19. The van der Waals surface area contributed by atoms with Crippen LogP contribution in [0.15, 0.2) is 28.1 Å². The van der Waals surface area contributed by atoms with Crippen molar-refractivity contribution < 1.29 is 19.1 Å². The van der Waals surface area contributed by atoms with E-state index < -0.39 is 0 Å². The predicted octanol–water partition coefficient (Wildman–Crippen LogP) is 3.82. The number of carbonyl (C=O) groups is 2. The summed E-state index contributed by atoms with van der Waals surface area (Å²) in [7, 11) is 0. The van der Waals surface area contributed by atoms with Crippen LogP contribution in [0.5, 0.6) is 11.5 Å². The van der Waals surface area contributed by atoms with Gasteiger partial charge < -0.3 is 19.7 Å². The van der Waals surface area contributed by atoms with Crippen LogP contribution in [0.2, 0.25) is 0 Å². The summed E-state index contributed by atoms with van der Waals surface area (Å²) in [5.74, 6) is 1.28. The summed E-state index contributed by atoms with van der Waals surface area (Å²) in [6.07, 6.45) is 1.30. The van der Waals surface area contributed by atoms with Gasteiger partial charge in [0, 0.05) is 35.3 Å². The molecule has 0 saturated heterocycles. The van der Waals surface area contributed by atoms with E-state index in [1.54, 1.807) is 11.3 Å². The Kier molecular flexibility index (Phi) is 6.10. The molecule has 2 aliphatic heterocycles. The average molecular weight is 479 g/mol. The number of halogens is 1. The van der Waals surface area contributed by atoms with Crippen LogP contribution in [0.1, 0.15) is 41.8 Å². The zero-order valence-electron chi connectivity index (χ0n) is 16.2. The minimum atomic E-state index is -0.217. The lowest BCUT2D eigenvalue weighted by Crippen LogP contribution is -2.36. The third-order valence-electron chi connectivity index (χ3n) is 5.23. The molecule has 1 unspecified atom stereocenters. The summed E-state index contributed by atoms with van der Waals surface area (Å²) in [6.45, 7) is 4.34. The molecule has 8 heteroatoms. The molecule has 1 N–H and O–H groups in total. The van der Waals surface area contributed by atoms with E-state index >= 15 is 0 Å². The first kappa shape index (κ1) is 20.2. The zero-order valence-corrected chi connectivity index (χ0v) is 18.6. The second kappa shape index (κ2) is 8.75. The van der Waals surface area contributed by atoms with Gasteiger partial charge in [0.25, 0.3) is 0 Å². The fourth-order valence-electron chi connectivity index (χ4n) is 3.64. The molecule has 0 saturated carbocycles. The van der Waals surface area contributed by atoms with E-state index in [0.29, 0.717) is 31.3 Å². The van der Waals surface area contributed by atoms with Crippen molar-refractivity contribution in [1.29, 1.82) is 0 Å². The molecule has 2 amide bonds. The molecule has 2 aliphatic rings. The van der Waals surface area contributed by atoms with E-state index in [1.807, 2.05) is 24.0 Å². The maximum atomic E-state index is 12.5. The number of hydrogen-bond donors (Lipinski definition) is 1. The maximum Gasteiger partial charge on any atom is 0.223 e. The van der Waals surface area contributed by atoms with Gasteiger partial charge in [-0.2, -0.15) is 0 Å². The fourth-order valence-corrected chi connectivity index (χ4v) is 5.20. The number of benzene rings is 1. The number of hydrogen-bond acceptors (Lipinski definition) is 5. The first-order valence-corrected chi connectivity index (χ1v) is 11.4. The van der Waals surface area contributed by atoms with E-state index in [-0.39, 0.29) is 30.7 Å². The first-order chi connectivity index (χ1) is 14.0. The molecule has 0 spiro atoms. The quantitative estimate of drug-likeness (QED) is 0.708. The number of nitrogens with one attached hydrogen (secondary N) is 1. The topological polar surface area (TPSA) is 67.9 Å². The molecule has 3 heterocycles. The van der Waals surface area contributed by atoms with Crippen LogP contribution in [0.3, 0.4) is 0 Å². The summed E-state index contributed by atoms with van der Waals surface area (Å²) in [5.41, 5.74) is 2.14. The lowest BCUT2D eigenvalue weighted by atomic mass is 10.1. The molecule has 6 nitrogen and oxygen atoms in total. The molecule has 29 heavy (non-hydrogen) atoms. The number of nitrogens with zero attached hydrogens (tertiary/aromatic N) is 1. The van der Waals surface area contributed by atoms with E-state index in [0.717, 1.165) is 23.0 Å². The molecule has 4 rings (SSSR count).